The molecule has 1 saturated heterocycles. The second-order valence-corrected chi connectivity index (χ2v) is 9.12. The van der Waals surface area contributed by atoms with E-state index in [9.17, 15) is 18.3 Å². The van der Waals surface area contributed by atoms with Gasteiger partial charge in [-0.1, -0.05) is 53.5 Å². The van der Waals surface area contributed by atoms with Crippen LogP contribution in [-0.2, 0) is 14.8 Å². The van der Waals surface area contributed by atoms with Gasteiger partial charge in [0.25, 0.3) is 0 Å². The van der Waals surface area contributed by atoms with Gasteiger partial charge >= 0.3 is 5.97 Å². The van der Waals surface area contributed by atoms with Crippen molar-refractivity contribution in [1.82, 2.24) is 4.31 Å². The van der Waals surface area contributed by atoms with Crippen LogP contribution in [0.1, 0.15) is 24.8 Å². The molecule has 0 bridgehead atoms. The summed E-state index contributed by atoms with van der Waals surface area (Å²) in [6.07, 6.45) is 0.403. The minimum atomic E-state index is -4.09. The Bertz CT molecular complexity index is 929. The molecule has 0 aliphatic carbocycles. The van der Waals surface area contributed by atoms with Crippen LogP contribution in [0, 0.1) is 0 Å². The third-order valence-corrected chi connectivity index (χ3v) is 7.29. The van der Waals surface area contributed by atoms with E-state index in [0.29, 0.717) is 6.42 Å². The molecule has 26 heavy (non-hydrogen) atoms. The Morgan fingerprint density at radius 3 is 2.27 bits per heavy atom. The van der Waals surface area contributed by atoms with Crippen LogP contribution in [0.2, 0.25) is 10.0 Å². The average Bonchev–Trinajstić information content (AvgIpc) is 2.94. The van der Waals surface area contributed by atoms with Crippen molar-refractivity contribution >= 4 is 39.2 Å². The maximum Gasteiger partial charge on any atom is 0.325 e. The monoisotopic (exact) mass is 413 g/mol. The van der Waals surface area contributed by atoms with Crippen molar-refractivity contribution in [1.29, 1.82) is 0 Å². The summed E-state index contributed by atoms with van der Waals surface area (Å²) in [6.45, 7) is 1.54. The lowest BCUT2D eigenvalue weighted by molar-refractivity contribution is -0.146. The summed E-state index contributed by atoms with van der Waals surface area (Å²) in [5.41, 5.74) is -0.825. The molecule has 3 rings (SSSR count). The van der Waals surface area contributed by atoms with Crippen LogP contribution in [-0.4, -0.2) is 35.9 Å². The highest BCUT2D eigenvalue weighted by atomic mass is 35.5. The summed E-state index contributed by atoms with van der Waals surface area (Å²) < 4.78 is 27.4. The smallest absolute Gasteiger partial charge is 0.325 e. The number of aliphatic carboxylic acids is 1. The molecule has 0 unspecified atom stereocenters. The second kappa shape index (κ2) is 6.85. The van der Waals surface area contributed by atoms with E-state index >= 15 is 0 Å². The molecule has 0 aromatic heterocycles. The number of sulfonamides is 1. The molecule has 8 heteroatoms. The van der Waals surface area contributed by atoms with Gasteiger partial charge in [0, 0.05) is 22.5 Å². The normalized spacial score (nSPS) is 23.9. The maximum atomic E-state index is 13.2. The predicted octanol–water partition coefficient (Wildman–Crippen LogP) is 4.01. The lowest BCUT2D eigenvalue weighted by Crippen LogP contribution is -2.53. The van der Waals surface area contributed by atoms with Gasteiger partial charge < -0.3 is 5.11 Å². The van der Waals surface area contributed by atoms with E-state index in [4.69, 9.17) is 23.2 Å². The van der Waals surface area contributed by atoms with Gasteiger partial charge in [-0.25, -0.2) is 8.42 Å². The molecule has 2 aromatic carbocycles. The first-order valence-electron chi connectivity index (χ1n) is 7.94. The fourth-order valence-electron chi connectivity index (χ4n) is 3.54. The highest BCUT2D eigenvalue weighted by Gasteiger charge is 2.56. The van der Waals surface area contributed by atoms with Crippen LogP contribution in [0.25, 0.3) is 0 Å². The fourth-order valence-corrected chi connectivity index (χ4v) is 6.05. The van der Waals surface area contributed by atoms with Gasteiger partial charge in [-0.2, -0.15) is 4.31 Å². The van der Waals surface area contributed by atoms with Crippen LogP contribution < -0.4 is 0 Å². The highest BCUT2D eigenvalue weighted by molar-refractivity contribution is 7.89. The lowest BCUT2D eigenvalue weighted by Gasteiger charge is -2.34. The minimum absolute atomic E-state index is 0.0921. The van der Waals surface area contributed by atoms with Gasteiger partial charge in [-0.3, -0.25) is 4.79 Å². The summed E-state index contributed by atoms with van der Waals surface area (Å²) in [5, 5.41) is 10.3. The first-order chi connectivity index (χ1) is 12.2. The van der Waals surface area contributed by atoms with E-state index < -0.39 is 27.4 Å². The number of hydrogen-bond donors (Lipinski definition) is 1. The summed E-state index contributed by atoms with van der Waals surface area (Å²) in [4.78, 5) is 12.1. The molecule has 1 fully saturated rings. The Hall–Kier alpha value is -1.60. The molecular formula is C18H17Cl2NO4S. The van der Waals surface area contributed by atoms with E-state index in [-0.39, 0.29) is 21.5 Å². The number of carbonyl (C=O) groups is 1. The average molecular weight is 414 g/mol. The Morgan fingerprint density at radius 1 is 1.15 bits per heavy atom. The molecule has 138 valence electrons. The molecule has 0 amide bonds. The van der Waals surface area contributed by atoms with Crippen molar-refractivity contribution < 1.29 is 18.3 Å². The van der Waals surface area contributed by atoms with Crippen LogP contribution in [0.15, 0.2) is 53.4 Å². The molecule has 2 atom stereocenters. The zero-order chi connectivity index (χ0) is 19.1. The lowest BCUT2D eigenvalue weighted by atomic mass is 9.82. The molecule has 1 heterocycles. The maximum absolute atomic E-state index is 13.2. The Kier molecular flexibility index (Phi) is 5.05. The number of benzene rings is 2. The summed E-state index contributed by atoms with van der Waals surface area (Å²) in [5.74, 6) is -1.66. The Morgan fingerprint density at radius 2 is 1.73 bits per heavy atom. The quantitative estimate of drug-likeness (QED) is 0.820. The number of nitrogens with zero attached hydrogens (tertiary/aromatic N) is 1. The van der Waals surface area contributed by atoms with Crippen LogP contribution >= 0.6 is 23.2 Å². The van der Waals surface area contributed by atoms with Gasteiger partial charge in [0.05, 0.1) is 4.90 Å². The van der Waals surface area contributed by atoms with Crippen molar-refractivity contribution in [3.05, 3.63) is 64.1 Å². The topological polar surface area (TPSA) is 74.7 Å². The van der Waals surface area contributed by atoms with Crippen LogP contribution in [0.5, 0.6) is 0 Å². The van der Waals surface area contributed by atoms with Gasteiger partial charge in [-0.05, 0) is 37.1 Å². The zero-order valence-corrected chi connectivity index (χ0v) is 16.2. The summed E-state index contributed by atoms with van der Waals surface area (Å²) in [6, 6.07) is 13.1. The van der Waals surface area contributed by atoms with Crippen LogP contribution in [0.4, 0.5) is 0 Å². The molecule has 0 radical (unpaired) electrons. The SMILES string of the molecule is C[C@@]1(C(=O)O)[C@H](c2ccccc2)CCN1S(=O)(=O)c1cc(Cl)cc(Cl)c1. The van der Waals surface area contributed by atoms with Crippen molar-refractivity contribution in [3.8, 4) is 0 Å². The predicted molar refractivity (Wildman–Crippen MR) is 100 cm³/mol. The highest BCUT2D eigenvalue weighted by Crippen LogP contribution is 2.45. The molecule has 1 aliphatic rings. The van der Waals surface area contributed by atoms with Crippen molar-refractivity contribution in [2.24, 2.45) is 0 Å². The minimum Gasteiger partial charge on any atom is -0.480 e. The summed E-state index contributed by atoms with van der Waals surface area (Å²) >= 11 is 11.9. The van der Waals surface area contributed by atoms with E-state index in [0.717, 1.165) is 9.87 Å². The number of rotatable bonds is 4. The number of hydrogen-bond acceptors (Lipinski definition) is 3. The van der Waals surface area contributed by atoms with E-state index in [1.54, 1.807) is 0 Å². The van der Waals surface area contributed by atoms with Crippen LogP contribution in [0.3, 0.4) is 0 Å². The van der Waals surface area contributed by atoms with Gasteiger partial charge in [0.2, 0.25) is 10.0 Å². The fraction of sp³-hybridized carbons (Fsp3) is 0.278. The Labute approximate surface area is 162 Å². The zero-order valence-electron chi connectivity index (χ0n) is 13.9. The molecular weight excluding hydrogens is 397 g/mol. The van der Waals surface area contributed by atoms with Gasteiger partial charge in [0.15, 0.2) is 0 Å². The standard InChI is InChI=1S/C18H17Cl2NO4S/c1-18(17(22)23)16(12-5-3-2-4-6-12)7-8-21(18)26(24,25)15-10-13(19)9-14(20)11-15/h2-6,9-11,16H,7-8H2,1H3,(H,22,23)/t16-,18-/m0/s1. The van der Waals surface area contributed by atoms with E-state index in [1.165, 1.54) is 25.1 Å². The largest absolute Gasteiger partial charge is 0.480 e. The third-order valence-electron chi connectivity index (χ3n) is 4.88. The van der Waals surface area contributed by atoms with Crippen molar-refractivity contribution in [3.63, 3.8) is 0 Å². The Balaban J connectivity index is 2.11. The number of carboxylic acids is 1. The molecule has 0 spiro atoms. The first kappa shape index (κ1) is 19.2. The van der Waals surface area contributed by atoms with Crippen molar-refractivity contribution in [2.75, 3.05) is 6.54 Å². The summed E-state index contributed by atoms with van der Waals surface area (Å²) in [7, 11) is -4.09. The van der Waals surface area contributed by atoms with Gasteiger partial charge in [-0.15, -0.1) is 0 Å². The van der Waals surface area contributed by atoms with E-state index in [1.807, 2.05) is 30.3 Å². The molecule has 2 aromatic rings. The molecule has 5 nitrogen and oxygen atoms in total. The third kappa shape index (κ3) is 3.11. The van der Waals surface area contributed by atoms with Crippen molar-refractivity contribution in [2.45, 2.75) is 29.7 Å². The van der Waals surface area contributed by atoms with Gasteiger partial charge in [0.1, 0.15) is 5.54 Å². The molecule has 1 N–H and O–H groups in total. The number of carboxylic acid groups (broad SMARTS) is 1. The second-order valence-electron chi connectivity index (χ2n) is 6.39. The molecule has 0 saturated carbocycles. The van der Waals surface area contributed by atoms with E-state index in [2.05, 4.69) is 0 Å². The number of halogens is 2. The molecule has 1 aliphatic heterocycles. The first-order valence-corrected chi connectivity index (χ1v) is 10.1.